The highest BCUT2D eigenvalue weighted by atomic mass is 16.5. The first-order chi connectivity index (χ1) is 9.07. The minimum atomic E-state index is -0.380. The number of aryl methyl sites for hydroxylation is 1. The van der Waals surface area contributed by atoms with Crippen molar-refractivity contribution >= 4 is 0 Å². The third kappa shape index (κ3) is 3.74. The molecule has 0 aromatic carbocycles. The summed E-state index contributed by atoms with van der Waals surface area (Å²) in [6, 6.07) is 2.75. The van der Waals surface area contributed by atoms with Gasteiger partial charge in [-0.3, -0.25) is 0 Å². The van der Waals surface area contributed by atoms with Gasteiger partial charge in [-0.05, 0) is 46.1 Å². The normalized spacial score (nSPS) is 18.3. The van der Waals surface area contributed by atoms with E-state index < -0.39 is 0 Å². The summed E-state index contributed by atoms with van der Waals surface area (Å²) < 4.78 is 5.87. The van der Waals surface area contributed by atoms with E-state index in [1.54, 1.807) is 0 Å². The van der Waals surface area contributed by atoms with Gasteiger partial charge in [-0.1, -0.05) is 6.92 Å². The van der Waals surface area contributed by atoms with Crippen molar-refractivity contribution in [1.82, 2.24) is 15.3 Å². The number of hydrogen-bond donors (Lipinski definition) is 1. The minimum Gasteiger partial charge on any atom is -0.368 e. The van der Waals surface area contributed by atoms with Crippen LogP contribution in [0.4, 0.5) is 0 Å². The van der Waals surface area contributed by atoms with E-state index in [2.05, 4.69) is 30.2 Å². The molecule has 0 bridgehead atoms. The van der Waals surface area contributed by atoms with Crippen molar-refractivity contribution in [3.05, 3.63) is 23.3 Å². The monoisotopic (exact) mass is 263 g/mol. The Bertz CT molecular complexity index is 431. The summed E-state index contributed by atoms with van der Waals surface area (Å²) in [5.41, 5.74) is 1.69. The lowest BCUT2D eigenvalue weighted by Crippen LogP contribution is -2.29. The van der Waals surface area contributed by atoms with Gasteiger partial charge in [-0.25, -0.2) is 9.97 Å². The highest BCUT2D eigenvalue weighted by Crippen LogP contribution is 2.26. The van der Waals surface area contributed by atoms with E-state index in [1.165, 1.54) is 12.8 Å². The molecule has 0 saturated heterocycles. The number of nitrogens with zero attached hydrogens (tertiary/aromatic N) is 2. The molecule has 1 N–H and O–H groups in total. The number of ether oxygens (including phenoxy) is 1. The summed E-state index contributed by atoms with van der Waals surface area (Å²) in [5, 5.41) is 3.50. The molecular formula is C15H25N3O. The molecule has 1 unspecified atom stereocenters. The van der Waals surface area contributed by atoms with Crippen molar-refractivity contribution in [2.45, 2.75) is 65.1 Å². The lowest BCUT2D eigenvalue weighted by atomic mass is 10.0. The Kier molecular flexibility index (Phi) is 4.53. The molecule has 1 aliphatic carbocycles. The van der Waals surface area contributed by atoms with E-state index in [9.17, 15) is 0 Å². The van der Waals surface area contributed by atoms with Crippen molar-refractivity contribution in [3.63, 3.8) is 0 Å². The molecule has 19 heavy (non-hydrogen) atoms. The molecule has 1 aliphatic rings. The molecule has 4 nitrogen and oxygen atoms in total. The second-order valence-corrected chi connectivity index (χ2v) is 5.50. The zero-order chi connectivity index (χ0) is 13.9. The van der Waals surface area contributed by atoms with Crippen molar-refractivity contribution in [1.29, 1.82) is 0 Å². The van der Waals surface area contributed by atoms with Crippen LogP contribution in [-0.2, 0) is 16.9 Å². The fraction of sp³-hybridized carbons (Fsp3) is 0.733. The Morgan fingerprint density at radius 1 is 1.37 bits per heavy atom. The minimum absolute atomic E-state index is 0.380. The Labute approximate surface area is 116 Å². The van der Waals surface area contributed by atoms with Crippen LogP contribution in [0.2, 0.25) is 0 Å². The van der Waals surface area contributed by atoms with Crippen LogP contribution in [0.5, 0.6) is 0 Å². The van der Waals surface area contributed by atoms with Crippen LogP contribution in [0.25, 0.3) is 0 Å². The van der Waals surface area contributed by atoms with E-state index >= 15 is 0 Å². The average Bonchev–Trinajstić information content (AvgIpc) is 3.20. The third-order valence-corrected chi connectivity index (χ3v) is 3.67. The Morgan fingerprint density at radius 3 is 2.68 bits per heavy atom. The zero-order valence-corrected chi connectivity index (χ0v) is 12.5. The molecule has 106 valence electrons. The predicted octanol–water partition coefficient (Wildman–Crippen LogP) is 2.70. The molecule has 1 fully saturated rings. The maximum atomic E-state index is 5.87. The summed E-state index contributed by atoms with van der Waals surface area (Å²) in [6.45, 7) is 9.73. The van der Waals surface area contributed by atoms with Crippen molar-refractivity contribution < 1.29 is 4.74 Å². The summed E-state index contributed by atoms with van der Waals surface area (Å²) in [7, 11) is 0. The third-order valence-electron chi connectivity index (χ3n) is 3.67. The molecule has 1 atom stereocenters. The highest BCUT2D eigenvalue weighted by Gasteiger charge is 2.29. The average molecular weight is 263 g/mol. The first kappa shape index (κ1) is 14.4. The maximum absolute atomic E-state index is 5.87. The van der Waals surface area contributed by atoms with Gasteiger partial charge in [0.05, 0.1) is 5.69 Å². The van der Waals surface area contributed by atoms with Crippen LogP contribution in [-0.4, -0.2) is 22.6 Å². The molecule has 1 aromatic heterocycles. The zero-order valence-electron chi connectivity index (χ0n) is 12.5. The van der Waals surface area contributed by atoms with Gasteiger partial charge in [-0.15, -0.1) is 0 Å². The number of aromatic nitrogens is 2. The summed E-state index contributed by atoms with van der Waals surface area (Å²) in [4.78, 5) is 9.27. The topological polar surface area (TPSA) is 47.0 Å². The first-order valence-corrected chi connectivity index (χ1v) is 7.29. The van der Waals surface area contributed by atoms with E-state index in [1.807, 2.05) is 13.8 Å². The van der Waals surface area contributed by atoms with E-state index in [0.717, 1.165) is 30.2 Å². The van der Waals surface area contributed by atoms with Gasteiger partial charge in [0.1, 0.15) is 5.60 Å². The lowest BCUT2D eigenvalue weighted by Gasteiger charge is -2.27. The van der Waals surface area contributed by atoms with E-state index in [0.29, 0.717) is 12.6 Å². The number of nitrogens with one attached hydrogen (secondary N) is 1. The standard InChI is InChI=1S/C15H25N3O/c1-5-15(4,19-6-2)14-17-11(3)9-13(18-14)10-16-12-7-8-12/h9,12,16H,5-8,10H2,1-4H3. The molecule has 4 heteroatoms. The predicted molar refractivity (Wildman–Crippen MR) is 75.9 cm³/mol. The summed E-state index contributed by atoms with van der Waals surface area (Å²) >= 11 is 0. The summed E-state index contributed by atoms with van der Waals surface area (Å²) in [6.07, 6.45) is 3.46. The van der Waals surface area contributed by atoms with Crippen molar-refractivity contribution in [3.8, 4) is 0 Å². The van der Waals surface area contributed by atoms with Crippen LogP contribution in [0.15, 0.2) is 6.07 Å². The SMILES string of the molecule is CCOC(C)(CC)c1nc(C)cc(CNC2CC2)n1. The fourth-order valence-corrected chi connectivity index (χ4v) is 2.14. The summed E-state index contributed by atoms with van der Waals surface area (Å²) in [5.74, 6) is 0.810. The number of rotatable bonds is 7. The van der Waals surface area contributed by atoms with Gasteiger partial charge >= 0.3 is 0 Å². The Morgan fingerprint density at radius 2 is 2.11 bits per heavy atom. The molecule has 0 spiro atoms. The van der Waals surface area contributed by atoms with Crippen LogP contribution in [0.1, 0.15) is 57.2 Å². The van der Waals surface area contributed by atoms with Gasteiger partial charge in [0, 0.05) is 24.9 Å². The molecule has 1 aromatic rings. The molecule has 0 amide bonds. The van der Waals surface area contributed by atoms with Crippen molar-refractivity contribution in [2.75, 3.05) is 6.61 Å². The van der Waals surface area contributed by atoms with Gasteiger partial charge in [-0.2, -0.15) is 0 Å². The smallest absolute Gasteiger partial charge is 0.160 e. The second kappa shape index (κ2) is 5.97. The molecule has 0 aliphatic heterocycles. The maximum Gasteiger partial charge on any atom is 0.160 e. The molecule has 1 saturated carbocycles. The van der Waals surface area contributed by atoms with Gasteiger partial charge < -0.3 is 10.1 Å². The lowest BCUT2D eigenvalue weighted by molar-refractivity contribution is -0.0393. The van der Waals surface area contributed by atoms with Crippen LogP contribution < -0.4 is 5.32 Å². The molecule has 0 radical (unpaired) electrons. The largest absolute Gasteiger partial charge is 0.368 e. The van der Waals surface area contributed by atoms with Crippen LogP contribution in [0.3, 0.4) is 0 Å². The Hall–Kier alpha value is -1.00. The van der Waals surface area contributed by atoms with Gasteiger partial charge in [0.2, 0.25) is 0 Å². The van der Waals surface area contributed by atoms with Crippen LogP contribution >= 0.6 is 0 Å². The van der Waals surface area contributed by atoms with Gasteiger partial charge in [0.25, 0.3) is 0 Å². The van der Waals surface area contributed by atoms with Crippen LogP contribution in [0, 0.1) is 6.92 Å². The van der Waals surface area contributed by atoms with Crippen molar-refractivity contribution in [2.24, 2.45) is 0 Å². The van der Waals surface area contributed by atoms with E-state index in [4.69, 9.17) is 9.72 Å². The molecular weight excluding hydrogens is 238 g/mol. The number of hydrogen-bond acceptors (Lipinski definition) is 4. The second-order valence-electron chi connectivity index (χ2n) is 5.50. The highest BCUT2D eigenvalue weighted by molar-refractivity contribution is 5.14. The fourth-order valence-electron chi connectivity index (χ4n) is 2.14. The Balaban J connectivity index is 2.18. The van der Waals surface area contributed by atoms with E-state index in [-0.39, 0.29) is 5.60 Å². The molecule has 2 rings (SSSR count). The molecule has 1 heterocycles. The quantitative estimate of drug-likeness (QED) is 0.821. The first-order valence-electron chi connectivity index (χ1n) is 7.29. The van der Waals surface area contributed by atoms with Gasteiger partial charge in [0.15, 0.2) is 5.82 Å².